The first-order valence-corrected chi connectivity index (χ1v) is 5.51. The molecule has 0 bridgehead atoms. The first-order chi connectivity index (χ1) is 7.11. The highest BCUT2D eigenvalue weighted by atomic mass is 32.2. The molecule has 1 heterocycles. The van der Waals surface area contributed by atoms with Gasteiger partial charge in [-0.05, 0) is 12.1 Å². The molecule has 1 aromatic heterocycles. The van der Waals surface area contributed by atoms with Crippen LogP contribution in [0.1, 0.15) is 0 Å². The molecule has 15 heavy (non-hydrogen) atoms. The van der Waals surface area contributed by atoms with Gasteiger partial charge in [-0.25, -0.2) is 8.42 Å². The average molecular weight is 226 g/mol. The van der Waals surface area contributed by atoms with Gasteiger partial charge in [-0.2, -0.15) is 0 Å². The number of aromatic amines is 2. The molecule has 80 valence electrons. The zero-order valence-electron chi connectivity index (χ0n) is 7.75. The van der Waals surface area contributed by atoms with Gasteiger partial charge in [-0.3, -0.25) is 9.97 Å². The van der Waals surface area contributed by atoms with Gasteiger partial charge in [0, 0.05) is 0 Å². The number of hydrogen-bond acceptors (Lipinski definition) is 3. The summed E-state index contributed by atoms with van der Waals surface area (Å²) < 4.78 is 30.8. The van der Waals surface area contributed by atoms with Crippen molar-refractivity contribution in [3.8, 4) is 0 Å². The second kappa shape index (κ2) is 5.28. The van der Waals surface area contributed by atoms with Gasteiger partial charge < -0.3 is 4.55 Å². The summed E-state index contributed by atoms with van der Waals surface area (Å²) in [6.07, 6.45) is 5.39. The van der Waals surface area contributed by atoms with Crippen LogP contribution in [0.3, 0.4) is 0 Å². The fourth-order valence-electron chi connectivity index (χ4n) is 0.828. The lowest BCUT2D eigenvalue weighted by Gasteiger charge is -2.04. The van der Waals surface area contributed by atoms with E-state index < -0.39 is 10.1 Å². The molecule has 0 aliphatic heterocycles. The van der Waals surface area contributed by atoms with Gasteiger partial charge in [-0.1, -0.05) is 18.2 Å². The Kier molecular flexibility index (Phi) is 4.02. The third-order valence-corrected chi connectivity index (χ3v) is 2.32. The molecule has 0 amide bonds. The van der Waals surface area contributed by atoms with Crippen molar-refractivity contribution in [3.05, 3.63) is 49.1 Å². The Morgan fingerprint density at radius 3 is 2.13 bits per heavy atom. The van der Waals surface area contributed by atoms with Gasteiger partial charge in [0.2, 0.25) is 6.33 Å². The Morgan fingerprint density at radius 1 is 1.20 bits per heavy atom. The Hall–Kier alpha value is -1.66. The fourth-order valence-corrected chi connectivity index (χ4v) is 1.32. The van der Waals surface area contributed by atoms with E-state index in [1.54, 1.807) is 12.4 Å². The van der Waals surface area contributed by atoms with Gasteiger partial charge in [0.25, 0.3) is 0 Å². The van der Waals surface area contributed by atoms with Crippen molar-refractivity contribution in [1.29, 1.82) is 0 Å². The topological polar surface area (TPSA) is 87.1 Å². The molecule has 0 unspecified atom stereocenters. The minimum Gasteiger partial charge on any atom is -0.744 e. The highest BCUT2D eigenvalue weighted by molar-refractivity contribution is 7.85. The number of benzene rings is 1. The van der Waals surface area contributed by atoms with Crippen LogP contribution in [0.5, 0.6) is 0 Å². The van der Waals surface area contributed by atoms with Crippen LogP contribution in [-0.2, 0) is 10.1 Å². The van der Waals surface area contributed by atoms with E-state index >= 15 is 0 Å². The maximum Gasteiger partial charge on any atom is 0.239 e. The molecule has 0 saturated heterocycles. The summed E-state index contributed by atoms with van der Waals surface area (Å²) in [6.45, 7) is 0. The average Bonchev–Trinajstić information content (AvgIpc) is 2.76. The quantitative estimate of drug-likeness (QED) is 0.715. The lowest BCUT2D eigenvalue weighted by atomic mass is 10.4. The molecule has 2 aromatic rings. The summed E-state index contributed by atoms with van der Waals surface area (Å²) in [6, 6.07) is 7.19. The van der Waals surface area contributed by atoms with E-state index in [0.29, 0.717) is 0 Å². The SMILES string of the molecule is O=S(=O)([O-])c1ccccc1.c1c[nH+]c[nH]1. The second-order valence-corrected chi connectivity index (χ2v) is 3.96. The first-order valence-electron chi connectivity index (χ1n) is 4.10. The molecule has 0 aliphatic carbocycles. The van der Waals surface area contributed by atoms with E-state index in [9.17, 15) is 13.0 Å². The molecule has 2 rings (SSSR count). The predicted octanol–water partition coefficient (Wildman–Crippen LogP) is 0.420. The number of imidazole rings is 1. The Morgan fingerprint density at radius 2 is 1.87 bits per heavy atom. The number of aromatic nitrogens is 2. The summed E-state index contributed by atoms with van der Waals surface area (Å²) >= 11 is 0. The van der Waals surface area contributed by atoms with Crippen LogP contribution < -0.4 is 4.98 Å². The van der Waals surface area contributed by atoms with Crippen molar-refractivity contribution in [2.75, 3.05) is 0 Å². The maximum atomic E-state index is 10.3. The fraction of sp³-hybridized carbons (Fsp3) is 0. The lowest BCUT2D eigenvalue weighted by Crippen LogP contribution is -1.96. The zero-order valence-corrected chi connectivity index (χ0v) is 8.57. The van der Waals surface area contributed by atoms with Crippen LogP contribution in [0.4, 0.5) is 0 Å². The summed E-state index contributed by atoms with van der Waals surface area (Å²) in [5, 5.41) is 0. The van der Waals surface area contributed by atoms with Crippen LogP contribution in [-0.4, -0.2) is 18.0 Å². The van der Waals surface area contributed by atoms with Gasteiger partial charge >= 0.3 is 0 Å². The first kappa shape index (κ1) is 11.4. The van der Waals surface area contributed by atoms with Crippen molar-refractivity contribution in [2.24, 2.45) is 0 Å². The molecule has 6 heteroatoms. The van der Waals surface area contributed by atoms with Crippen molar-refractivity contribution in [3.63, 3.8) is 0 Å². The van der Waals surface area contributed by atoms with Crippen molar-refractivity contribution in [1.82, 2.24) is 4.98 Å². The zero-order chi connectivity index (χ0) is 11.1. The van der Waals surface area contributed by atoms with Crippen LogP contribution in [0.25, 0.3) is 0 Å². The highest BCUT2D eigenvalue weighted by Crippen LogP contribution is 2.04. The van der Waals surface area contributed by atoms with Gasteiger partial charge in [0.1, 0.15) is 22.5 Å². The Bertz CT molecular complexity index is 448. The van der Waals surface area contributed by atoms with Crippen molar-refractivity contribution >= 4 is 10.1 Å². The monoisotopic (exact) mass is 226 g/mol. The van der Waals surface area contributed by atoms with Crippen molar-refractivity contribution in [2.45, 2.75) is 4.90 Å². The lowest BCUT2D eigenvalue weighted by molar-refractivity contribution is -0.375. The van der Waals surface area contributed by atoms with Crippen LogP contribution >= 0.6 is 0 Å². The minimum absolute atomic E-state index is 0.185. The molecule has 0 spiro atoms. The molecule has 0 aliphatic rings. The third kappa shape index (κ3) is 4.39. The minimum atomic E-state index is -4.25. The van der Waals surface area contributed by atoms with Crippen LogP contribution in [0.15, 0.2) is 53.9 Å². The van der Waals surface area contributed by atoms with Gasteiger partial charge in [0.05, 0.1) is 4.90 Å². The molecular formula is C9H10N2O3S. The maximum absolute atomic E-state index is 10.3. The molecule has 0 radical (unpaired) electrons. The predicted molar refractivity (Wildman–Crippen MR) is 51.8 cm³/mol. The van der Waals surface area contributed by atoms with E-state index in [-0.39, 0.29) is 4.90 Å². The van der Waals surface area contributed by atoms with E-state index in [2.05, 4.69) is 9.97 Å². The second-order valence-electron chi connectivity index (χ2n) is 2.58. The van der Waals surface area contributed by atoms with E-state index in [1.165, 1.54) is 24.3 Å². The molecule has 0 fully saturated rings. The van der Waals surface area contributed by atoms with Crippen LogP contribution in [0, 0.1) is 0 Å². The van der Waals surface area contributed by atoms with Crippen molar-refractivity contribution < 1.29 is 18.0 Å². The number of H-pyrrole nitrogens is 2. The standard InChI is InChI=1S/C6H6O3S.C3H4N2/c7-10(8,9)6-4-2-1-3-5-6;1-2-5-3-4-1/h1-5H,(H,7,8,9);1-3H,(H,4,5). The van der Waals surface area contributed by atoms with Crippen LogP contribution in [0.2, 0.25) is 0 Å². The Balaban J connectivity index is 0.000000187. The number of hydrogen-bond donors (Lipinski definition) is 1. The summed E-state index contributed by atoms with van der Waals surface area (Å²) in [5.74, 6) is 0. The van der Waals surface area contributed by atoms with Gasteiger partial charge in [0.15, 0.2) is 0 Å². The highest BCUT2D eigenvalue weighted by Gasteiger charge is 1.95. The van der Waals surface area contributed by atoms with E-state index in [0.717, 1.165) is 0 Å². The third-order valence-electron chi connectivity index (χ3n) is 1.47. The number of nitrogens with one attached hydrogen (secondary N) is 2. The largest absolute Gasteiger partial charge is 0.744 e. The van der Waals surface area contributed by atoms with E-state index in [1.807, 2.05) is 12.4 Å². The summed E-state index contributed by atoms with van der Waals surface area (Å²) in [7, 11) is -4.25. The summed E-state index contributed by atoms with van der Waals surface area (Å²) in [4.78, 5) is 5.43. The Labute approximate surface area is 87.6 Å². The molecule has 0 saturated carbocycles. The molecular weight excluding hydrogens is 216 g/mol. The molecule has 0 atom stereocenters. The number of rotatable bonds is 1. The molecule has 1 aromatic carbocycles. The molecule has 2 N–H and O–H groups in total. The molecule has 5 nitrogen and oxygen atoms in total. The van der Waals surface area contributed by atoms with E-state index in [4.69, 9.17) is 0 Å². The van der Waals surface area contributed by atoms with Gasteiger partial charge in [-0.15, -0.1) is 0 Å². The smallest absolute Gasteiger partial charge is 0.239 e. The summed E-state index contributed by atoms with van der Waals surface area (Å²) in [5.41, 5.74) is 0. The normalized spacial score (nSPS) is 10.2.